The molecule has 1 atom stereocenters. The molecular formula is C12H19N7. The van der Waals surface area contributed by atoms with Gasteiger partial charge < -0.3 is 10.6 Å². The van der Waals surface area contributed by atoms with E-state index in [4.69, 9.17) is 5.73 Å². The molecule has 0 amide bonds. The minimum absolute atomic E-state index is 0.161. The van der Waals surface area contributed by atoms with E-state index in [1.165, 1.54) is 6.42 Å². The van der Waals surface area contributed by atoms with Crippen LogP contribution in [0.4, 0.5) is 5.95 Å². The zero-order valence-corrected chi connectivity index (χ0v) is 11.1. The van der Waals surface area contributed by atoms with Gasteiger partial charge in [0.1, 0.15) is 0 Å². The number of H-pyrrole nitrogens is 2. The van der Waals surface area contributed by atoms with Crippen molar-refractivity contribution in [2.24, 2.45) is 11.1 Å². The Morgan fingerprint density at radius 1 is 1.53 bits per heavy atom. The number of hydrogen-bond acceptors (Lipinski definition) is 5. The molecule has 1 aliphatic rings. The lowest BCUT2D eigenvalue weighted by atomic mass is 9.82. The normalized spacial score (nSPS) is 23.8. The number of nitrogens with one attached hydrogen (secondary N) is 2. The van der Waals surface area contributed by atoms with Gasteiger partial charge in [-0.1, -0.05) is 6.92 Å². The van der Waals surface area contributed by atoms with Crippen LogP contribution in [0, 0.1) is 5.41 Å². The Kier molecular flexibility index (Phi) is 2.98. The lowest BCUT2D eigenvalue weighted by Crippen LogP contribution is -2.46. The third kappa shape index (κ3) is 2.33. The average Bonchev–Trinajstić information content (AvgIpc) is 3.09. The predicted octanol–water partition coefficient (Wildman–Crippen LogP) is 0.760. The SMILES string of the molecule is CC1(CN)CCCN(c2n[nH]c(-c3cn[nH]c3)n2)C1. The summed E-state index contributed by atoms with van der Waals surface area (Å²) in [6.45, 7) is 4.82. The van der Waals surface area contributed by atoms with Gasteiger partial charge in [0, 0.05) is 19.3 Å². The average molecular weight is 261 g/mol. The van der Waals surface area contributed by atoms with Crippen LogP contribution in [0.1, 0.15) is 19.8 Å². The Hall–Kier alpha value is -1.89. The Labute approximate surface area is 111 Å². The fraction of sp³-hybridized carbons (Fsp3) is 0.583. The summed E-state index contributed by atoms with van der Waals surface area (Å²) in [7, 11) is 0. The fourth-order valence-electron chi connectivity index (χ4n) is 2.56. The number of nitrogens with two attached hydrogens (primary N) is 1. The van der Waals surface area contributed by atoms with Gasteiger partial charge in [-0.15, -0.1) is 5.10 Å². The summed E-state index contributed by atoms with van der Waals surface area (Å²) in [6, 6.07) is 0. The first-order valence-electron chi connectivity index (χ1n) is 6.57. The van der Waals surface area contributed by atoms with Crippen LogP contribution in [0.2, 0.25) is 0 Å². The van der Waals surface area contributed by atoms with E-state index in [0.717, 1.165) is 36.8 Å². The van der Waals surface area contributed by atoms with E-state index in [2.05, 4.69) is 37.2 Å². The number of piperidine rings is 1. The molecule has 7 heteroatoms. The molecule has 0 aromatic carbocycles. The number of aromatic amines is 2. The first kappa shape index (κ1) is 12.2. The molecular weight excluding hydrogens is 242 g/mol. The zero-order valence-electron chi connectivity index (χ0n) is 11.1. The lowest BCUT2D eigenvalue weighted by Gasteiger charge is -2.39. The predicted molar refractivity (Wildman–Crippen MR) is 72.6 cm³/mol. The van der Waals surface area contributed by atoms with Gasteiger partial charge >= 0.3 is 0 Å². The van der Waals surface area contributed by atoms with Gasteiger partial charge in [0.2, 0.25) is 5.95 Å². The smallest absolute Gasteiger partial charge is 0.245 e. The van der Waals surface area contributed by atoms with Gasteiger partial charge in [0.15, 0.2) is 5.82 Å². The highest BCUT2D eigenvalue weighted by molar-refractivity contribution is 5.53. The minimum Gasteiger partial charge on any atom is -0.339 e. The maximum atomic E-state index is 5.87. The molecule has 1 fully saturated rings. The standard InChI is InChI=1S/C12H19N7/c1-12(7-13)3-2-4-19(8-12)11-16-10(17-18-11)9-5-14-15-6-9/h5-6H,2-4,7-8,13H2,1H3,(H,14,15)(H,16,17,18). The molecule has 0 aliphatic carbocycles. The van der Waals surface area contributed by atoms with Gasteiger partial charge in [-0.3, -0.25) is 10.2 Å². The molecule has 1 saturated heterocycles. The summed E-state index contributed by atoms with van der Waals surface area (Å²) in [6.07, 6.45) is 5.82. The highest BCUT2D eigenvalue weighted by Gasteiger charge is 2.31. The van der Waals surface area contributed by atoms with Crippen LogP contribution in [0.5, 0.6) is 0 Å². The first-order chi connectivity index (χ1) is 9.20. The maximum absolute atomic E-state index is 5.87. The third-order valence-corrected chi connectivity index (χ3v) is 3.80. The van der Waals surface area contributed by atoms with Gasteiger partial charge in [0.05, 0.1) is 11.8 Å². The lowest BCUT2D eigenvalue weighted by molar-refractivity contribution is 0.270. The molecule has 19 heavy (non-hydrogen) atoms. The van der Waals surface area contributed by atoms with Crippen LogP contribution in [-0.4, -0.2) is 45.0 Å². The van der Waals surface area contributed by atoms with Crippen molar-refractivity contribution in [3.8, 4) is 11.4 Å². The van der Waals surface area contributed by atoms with E-state index >= 15 is 0 Å². The third-order valence-electron chi connectivity index (χ3n) is 3.80. The van der Waals surface area contributed by atoms with E-state index in [1.807, 2.05) is 0 Å². The molecule has 4 N–H and O–H groups in total. The molecule has 0 spiro atoms. The molecule has 3 rings (SSSR count). The van der Waals surface area contributed by atoms with Crippen LogP contribution < -0.4 is 10.6 Å². The molecule has 1 unspecified atom stereocenters. The minimum atomic E-state index is 0.161. The van der Waals surface area contributed by atoms with E-state index in [1.54, 1.807) is 12.4 Å². The van der Waals surface area contributed by atoms with Crippen molar-refractivity contribution in [2.45, 2.75) is 19.8 Å². The molecule has 3 heterocycles. The van der Waals surface area contributed by atoms with Crippen molar-refractivity contribution < 1.29 is 0 Å². The monoisotopic (exact) mass is 261 g/mol. The molecule has 102 valence electrons. The van der Waals surface area contributed by atoms with Crippen LogP contribution in [0.3, 0.4) is 0 Å². The van der Waals surface area contributed by atoms with Gasteiger partial charge in [-0.05, 0) is 24.8 Å². The molecule has 2 aromatic heterocycles. The van der Waals surface area contributed by atoms with Crippen molar-refractivity contribution in [2.75, 3.05) is 24.5 Å². The van der Waals surface area contributed by atoms with E-state index in [9.17, 15) is 0 Å². The van der Waals surface area contributed by atoms with Crippen molar-refractivity contribution in [3.05, 3.63) is 12.4 Å². The van der Waals surface area contributed by atoms with Gasteiger partial charge in [0.25, 0.3) is 0 Å². The molecule has 0 saturated carbocycles. The molecule has 0 radical (unpaired) electrons. The van der Waals surface area contributed by atoms with Crippen molar-refractivity contribution in [3.63, 3.8) is 0 Å². The highest BCUT2D eigenvalue weighted by atomic mass is 15.4. The molecule has 2 aromatic rings. The second kappa shape index (κ2) is 4.65. The summed E-state index contributed by atoms with van der Waals surface area (Å²) in [5, 5.41) is 13.9. The summed E-state index contributed by atoms with van der Waals surface area (Å²) in [5.74, 6) is 1.49. The molecule has 0 bridgehead atoms. The first-order valence-corrected chi connectivity index (χ1v) is 6.57. The van der Waals surface area contributed by atoms with Crippen LogP contribution in [0.25, 0.3) is 11.4 Å². The van der Waals surface area contributed by atoms with Gasteiger partial charge in [-0.2, -0.15) is 10.1 Å². The van der Waals surface area contributed by atoms with Gasteiger partial charge in [-0.25, -0.2) is 0 Å². The Balaban J connectivity index is 1.79. The summed E-state index contributed by atoms with van der Waals surface area (Å²) >= 11 is 0. The maximum Gasteiger partial charge on any atom is 0.245 e. The second-order valence-corrected chi connectivity index (χ2v) is 5.51. The zero-order chi connectivity index (χ0) is 13.3. The highest BCUT2D eigenvalue weighted by Crippen LogP contribution is 2.30. The summed E-state index contributed by atoms with van der Waals surface area (Å²) < 4.78 is 0. The van der Waals surface area contributed by atoms with Crippen LogP contribution in [0.15, 0.2) is 12.4 Å². The van der Waals surface area contributed by atoms with E-state index < -0.39 is 0 Å². The number of aromatic nitrogens is 5. The van der Waals surface area contributed by atoms with Crippen molar-refractivity contribution in [1.82, 2.24) is 25.4 Å². The Morgan fingerprint density at radius 2 is 2.42 bits per heavy atom. The Morgan fingerprint density at radius 3 is 3.16 bits per heavy atom. The molecule has 7 nitrogen and oxygen atoms in total. The largest absolute Gasteiger partial charge is 0.339 e. The fourth-order valence-corrected chi connectivity index (χ4v) is 2.56. The van der Waals surface area contributed by atoms with Crippen LogP contribution in [-0.2, 0) is 0 Å². The molecule has 1 aliphatic heterocycles. The number of rotatable bonds is 3. The Bertz CT molecular complexity index is 532. The quantitative estimate of drug-likeness (QED) is 0.757. The van der Waals surface area contributed by atoms with Crippen molar-refractivity contribution in [1.29, 1.82) is 0 Å². The number of hydrogen-bond donors (Lipinski definition) is 3. The van der Waals surface area contributed by atoms with E-state index in [0.29, 0.717) is 6.54 Å². The summed E-state index contributed by atoms with van der Waals surface area (Å²) in [4.78, 5) is 6.74. The van der Waals surface area contributed by atoms with E-state index in [-0.39, 0.29) is 5.41 Å². The topological polar surface area (TPSA) is 99.5 Å². The number of nitrogens with zero attached hydrogens (tertiary/aromatic N) is 4. The summed E-state index contributed by atoms with van der Waals surface area (Å²) in [5.41, 5.74) is 6.95. The second-order valence-electron chi connectivity index (χ2n) is 5.51. The van der Waals surface area contributed by atoms with Crippen molar-refractivity contribution >= 4 is 5.95 Å². The number of anilines is 1. The van der Waals surface area contributed by atoms with Crippen LogP contribution >= 0.6 is 0 Å².